The number of aliphatic hydroxyl groups excluding tert-OH is 3. The van der Waals surface area contributed by atoms with Crippen molar-refractivity contribution in [1.82, 2.24) is 0 Å². The van der Waals surface area contributed by atoms with Gasteiger partial charge in [0.25, 0.3) is 0 Å². The molecule has 1 heterocycles. The van der Waals surface area contributed by atoms with E-state index in [2.05, 4.69) is 0 Å². The highest BCUT2D eigenvalue weighted by Crippen LogP contribution is 2.32. The van der Waals surface area contributed by atoms with E-state index < -0.39 is 41.9 Å². The Kier molecular flexibility index (Phi) is 3.59. The summed E-state index contributed by atoms with van der Waals surface area (Å²) < 4.78 is 5.15. The van der Waals surface area contributed by atoms with Crippen molar-refractivity contribution in [2.75, 3.05) is 0 Å². The summed E-state index contributed by atoms with van der Waals surface area (Å²) in [5.74, 6) is -1.35. The molecular formula is C10H18O6. The lowest BCUT2D eigenvalue weighted by molar-refractivity contribution is -0.246. The molecule has 0 spiro atoms. The SMILES string of the molecule is CC(C)(C)[C@@H]1O[C@H](C(=O)O)[C@@H](O)[C@H](O)[C@H]1O. The molecule has 0 aliphatic carbocycles. The van der Waals surface area contributed by atoms with Crippen LogP contribution in [-0.4, -0.2) is 56.9 Å². The minimum atomic E-state index is -1.62. The third kappa shape index (κ3) is 2.35. The van der Waals surface area contributed by atoms with Crippen molar-refractivity contribution in [2.24, 2.45) is 5.41 Å². The Morgan fingerprint density at radius 1 is 1.06 bits per heavy atom. The molecule has 5 atom stereocenters. The van der Waals surface area contributed by atoms with E-state index in [1.54, 1.807) is 20.8 Å². The van der Waals surface area contributed by atoms with Crippen molar-refractivity contribution in [3.63, 3.8) is 0 Å². The first-order valence-corrected chi connectivity index (χ1v) is 5.08. The molecule has 1 aliphatic rings. The van der Waals surface area contributed by atoms with Crippen molar-refractivity contribution in [3.05, 3.63) is 0 Å². The molecule has 0 bridgehead atoms. The van der Waals surface area contributed by atoms with E-state index in [9.17, 15) is 20.1 Å². The molecule has 0 unspecified atom stereocenters. The summed E-state index contributed by atoms with van der Waals surface area (Å²) >= 11 is 0. The number of carbonyl (C=O) groups is 1. The molecule has 0 amide bonds. The maximum atomic E-state index is 10.8. The van der Waals surface area contributed by atoms with Crippen molar-refractivity contribution in [2.45, 2.75) is 51.3 Å². The summed E-state index contributed by atoms with van der Waals surface area (Å²) in [6.07, 6.45) is -6.79. The molecule has 0 saturated carbocycles. The van der Waals surface area contributed by atoms with Crippen LogP contribution in [0.4, 0.5) is 0 Å². The quantitative estimate of drug-likeness (QED) is 0.462. The highest BCUT2D eigenvalue weighted by Gasteiger charge is 2.50. The number of carboxylic acid groups (broad SMARTS) is 1. The first kappa shape index (κ1) is 13.4. The van der Waals surface area contributed by atoms with Crippen LogP contribution in [0.2, 0.25) is 0 Å². The highest BCUT2D eigenvalue weighted by molar-refractivity contribution is 5.73. The van der Waals surface area contributed by atoms with Crippen LogP contribution in [0.5, 0.6) is 0 Å². The normalized spacial score (nSPS) is 40.8. The van der Waals surface area contributed by atoms with E-state index in [-0.39, 0.29) is 0 Å². The van der Waals surface area contributed by atoms with Crippen LogP contribution in [0.25, 0.3) is 0 Å². The second-order valence-corrected chi connectivity index (χ2v) is 5.15. The van der Waals surface area contributed by atoms with Gasteiger partial charge in [0.05, 0.1) is 6.10 Å². The zero-order valence-corrected chi connectivity index (χ0v) is 9.49. The van der Waals surface area contributed by atoms with E-state index >= 15 is 0 Å². The Balaban J connectivity index is 2.94. The fourth-order valence-corrected chi connectivity index (χ4v) is 1.80. The van der Waals surface area contributed by atoms with Crippen LogP contribution >= 0.6 is 0 Å². The molecule has 0 aromatic heterocycles. The van der Waals surface area contributed by atoms with Gasteiger partial charge in [-0.15, -0.1) is 0 Å². The maximum Gasteiger partial charge on any atom is 0.335 e. The predicted molar refractivity (Wildman–Crippen MR) is 53.8 cm³/mol. The molecule has 1 rings (SSSR count). The summed E-state index contributed by atoms with van der Waals surface area (Å²) in [7, 11) is 0. The fourth-order valence-electron chi connectivity index (χ4n) is 1.80. The number of rotatable bonds is 1. The van der Waals surface area contributed by atoms with Gasteiger partial charge in [0.2, 0.25) is 0 Å². The van der Waals surface area contributed by atoms with Crippen molar-refractivity contribution >= 4 is 5.97 Å². The molecule has 16 heavy (non-hydrogen) atoms. The van der Waals surface area contributed by atoms with Crippen molar-refractivity contribution in [3.8, 4) is 0 Å². The van der Waals surface area contributed by atoms with Crippen LogP contribution in [0.3, 0.4) is 0 Å². The number of aliphatic hydroxyl groups is 3. The topological polar surface area (TPSA) is 107 Å². The van der Waals surface area contributed by atoms with Crippen LogP contribution in [0.1, 0.15) is 20.8 Å². The Morgan fingerprint density at radius 3 is 1.94 bits per heavy atom. The van der Waals surface area contributed by atoms with Gasteiger partial charge < -0.3 is 25.2 Å². The fraction of sp³-hybridized carbons (Fsp3) is 0.900. The molecule has 6 heteroatoms. The van der Waals surface area contributed by atoms with Crippen LogP contribution < -0.4 is 0 Å². The maximum absolute atomic E-state index is 10.8. The highest BCUT2D eigenvalue weighted by atomic mass is 16.6. The number of carboxylic acids is 1. The van der Waals surface area contributed by atoms with Crippen molar-refractivity contribution < 1.29 is 30.0 Å². The second-order valence-electron chi connectivity index (χ2n) is 5.15. The third-order valence-electron chi connectivity index (χ3n) is 2.71. The van der Waals surface area contributed by atoms with Crippen LogP contribution in [0, 0.1) is 5.41 Å². The third-order valence-corrected chi connectivity index (χ3v) is 2.71. The minimum Gasteiger partial charge on any atom is -0.479 e. The summed E-state index contributed by atoms with van der Waals surface area (Å²) in [6, 6.07) is 0. The Hall–Kier alpha value is -0.690. The first-order valence-electron chi connectivity index (χ1n) is 5.08. The minimum absolute atomic E-state index is 0.533. The van der Waals surface area contributed by atoms with Gasteiger partial charge in [-0.05, 0) is 5.41 Å². The smallest absolute Gasteiger partial charge is 0.335 e. The number of ether oxygens (including phenoxy) is 1. The average Bonchev–Trinajstić information content (AvgIpc) is 2.11. The molecular weight excluding hydrogens is 216 g/mol. The van der Waals surface area contributed by atoms with Gasteiger partial charge in [0.1, 0.15) is 18.3 Å². The zero-order chi connectivity index (χ0) is 12.7. The number of hydrogen-bond donors (Lipinski definition) is 4. The van der Waals surface area contributed by atoms with Gasteiger partial charge in [-0.3, -0.25) is 0 Å². The summed E-state index contributed by atoms with van der Waals surface area (Å²) in [5, 5.41) is 37.5. The number of aliphatic carboxylic acids is 1. The zero-order valence-electron chi connectivity index (χ0n) is 9.49. The largest absolute Gasteiger partial charge is 0.479 e. The molecule has 94 valence electrons. The lowest BCUT2D eigenvalue weighted by Gasteiger charge is -2.44. The predicted octanol–water partition coefficient (Wildman–Crippen LogP) is -1.03. The van der Waals surface area contributed by atoms with E-state index in [1.807, 2.05) is 0 Å². The molecule has 0 radical (unpaired) electrons. The Labute approximate surface area is 93.5 Å². The molecule has 0 aromatic carbocycles. The van der Waals surface area contributed by atoms with Gasteiger partial charge in [-0.25, -0.2) is 4.79 Å². The first-order chi connectivity index (χ1) is 7.16. The molecule has 0 aromatic rings. The van der Waals surface area contributed by atoms with Gasteiger partial charge in [0.15, 0.2) is 6.10 Å². The molecule has 4 N–H and O–H groups in total. The van der Waals surface area contributed by atoms with Gasteiger partial charge in [-0.2, -0.15) is 0 Å². The molecule has 1 saturated heterocycles. The van der Waals surface area contributed by atoms with Crippen LogP contribution in [-0.2, 0) is 9.53 Å². The van der Waals surface area contributed by atoms with Gasteiger partial charge >= 0.3 is 5.97 Å². The van der Waals surface area contributed by atoms with E-state index in [1.165, 1.54) is 0 Å². The lowest BCUT2D eigenvalue weighted by atomic mass is 9.80. The van der Waals surface area contributed by atoms with E-state index in [0.29, 0.717) is 0 Å². The standard InChI is InChI=1S/C10H18O6/c1-10(2,3)8-6(13)4(11)5(12)7(16-8)9(14)15/h4-8,11-13H,1-3H3,(H,14,15)/t4-,5-,6+,7-,8+/m0/s1. The van der Waals surface area contributed by atoms with Crippen LogP contribution in [0.15, 0.2) is 0 Å². The van der Waals surface area contributed by atoms with Crippen molar-refractivity contribution in [1.29, 1.82) is 0 Å². The summed E-state index contributed by atoms with van der Waals surface area (Å²) in [6.45, 7) is 5.26. The van der Waals surface area contributed by atoms with Gasteiger partial charge in [-0.1, -0.05) is 20.8 Å². The lowest BCUT2D eigenvalue weighted by Crippen LogP contribution is -2.62. The average molecular weight is 234 g/mol. The van der Waals surface area contributed by atoms with E-state index in [0.717, 1.165) is 0 Å². The second kappa shape index (κ2) is 4.29. The summed E-state index contributed by atoms with van der Waals surface area (Å²) in [5.41, 5.74) is -0.533. The Bertz CT molecular complexity index is 271. The summed E-state index contributed by atoms with van der Waals surface area (Å²) in [4.78, 5) is 10.8. The van der Waals surface area contributed by atoms with E-state index in [4.69, 9.17) is 9.84 Å². The molecule has 6 nitrogen and oxygen atoms in total. The Morgan fingerprint density at radius 2 is 1.56 bits per heavy atom. The molecule has 1 fully saturated rings. The monoisotopic (exact) mass is 234 g/mol. The number of hydrogen-bond acceptors (Lipinski definition) is 5. The van der Waals surface area contributed by atoms with Gasteiger partial charge in [0, 0.05) is 0 Å². The molecule has 1 aliphatic heterocycles.